The van der Waals surface area contributed by atoms with Gasteiger partial charge in [0.2, 0.25) is 0 Å². The molecule has 0 N–H and O–H groups in total. The molecule has 1 saturated heterocycles. The van der Waals surface area contributed by atoms with E-state index in [1.165, 1.54) is 12.8 Å². The minimum absolute atomic E-state index is 0.0451. The van der Waals surface area contributed by atoms with Crippen molar-refractivity contribution in [2.45, 2.75) is 0 Å². The molecule has 0 saturated carbocycles. The van der Waals surface area contributed by atoms with Crippen LogP contribution in [0.3, 0.4) is 0 Å². The van der Waals surface area contributed by atoms with E-state index in [9.17, 15) is 9.59 Å². The summed E-state index contributed by atoms with van der Waals surface area (Å²) in [7, 11) is 3.07. The normalized spacial score (nSPS) is 13.9. The van der Waals surface area contributed by atoms with Crippen molar-refractivity contribution < 1.29 is 19.0 Å². The van der Waals surface area contributed by atoms with E-state index in [1.54, 1.807) is 29.8 Å². The average molecular weight is 549 g/mol. The van der Waals surface area contributed by atoms with Crippen LogP contribution in [0.2, 0.25) is 0 Å². The van der Waals surface area contributed by atoms with Crippen LogP contribution in [0, 0.1) is 0 Å². The molecule has 1 fully saturated rings. The number of fused-ring (bicyclic) bond motifs is 5. The summed E-state index contributed by atoms with van der Waals surface area (Å²) >= 11 is 0. The highest BCUT2D eigenvalue weighted by atomic mass is 16.5. The van der Waals surface area contributed by atoms with Crippen LogP contribution in [0.25, 0.3) is 38.1 Å². The highest BCUT2D eigenvalue weighted by Gasteiger charge is 2.24. The van der Waals surface area contributed by atoms with E-state index < -0.39 is 0 Å². The molecule has 9 heteroatoms. The molecule has 0 aliphatic carbocycles. The summed E-state index contributed by atoms with van der Waals surface area (Å²) in [6.45, 7) is 2.81. The fraction of sp³-hybridized carbons (Fsp3) is 0.219. The number of hydrogen-bond acceptors (Lipinski definition) is 7. The third-order valence-electron chi connectivity index (χ3n) is 7.98. The van der Waals surface area contributed by atoms with Gasteiger partial charge in [0.25, 0.3) is 11.5 Å². The van der Waals surface area contributed by atoms with Gasteiger partial charge in [0.05, 0.1) is 36.2 Å². The first-order valence-corrected chi connectivity index (χ1v) is 13.5. The standard InChI is InChI=1S/C32H28N4O5/c1-39-26-11-9-23-28(31(26)40-2)32(38)36-25-10-8-21(18-24(25)22-12-13-33-29(23)30(22)36)41-19-27(37)35-16-14-34(15-17-35)20-6-4-3-5-7-20/h3-13,18H,14-17,19H2,1-2H3. The van der Waals surface area contributed by atoms with Gasteiger partial charge in [-0.1, -0.05) is 18.2 Å². The Balaban J connectivity index is 1.19. The number of amides is 1. The van der Waals surface area contributed by atoms with Crippen LogP contribution in [-0.2, 0) is 4.79 Å². The number of carbonyl (C=O) groups excluding carboxylic acids is 1. The monoisotopic (exact) mass is 548 g/mol. The third kappa shape index (κ3) is 3.96. The van der Waals surface area contributed by atoms with Crippen molar-refractivity contribution in [2.75, 3.05) is 51.9 Å². The highest BCUT2D eigenvalue weighted by Crippen LogP contribution is 2.39. The zero-order valence-electron chi connectivity index (χ0n) is 22.8. The summed E-state index contributed by atoms with van der Waals surface area (Å²) in [6, 6.07) is 21.3. The molecule has 41 heavy (non-hydrogen) atoms. The zero-order chi connectivity index (χ0) is 28.1. The second kappa shape index (κ2) is 9.85. The van der Waals surface area contributed by atoms with Gasteiger partial charge in [0, 0.05) is 54.2 Å². The number of para-hydroxylation sites is 1. The number of benzene rings is 3. The minimum atomic E-state index is -0.213. The molecule has 3 aromatic heterocycles. The van der Waals surface area contributed by atoms with Gasteiger partial charge in [-0.25, -0.2) is 0 Å². The quantitative estimate of drug-likeness (QED) is 0.286. The molecule has 0 bridgehead atoms. The number of nitrogens with zero attached hydrogens (tertiary/aromatic N) is 4. The molecule has 206 valence electrons. The van der Waals surface area contributed by atoms with Crippen LogP contribution in [-0.4, -0.2) is 67.2 Å². The number of ether oxygens (including phenoxy) is 3. The van der Waals surface area contributed by atoms with Gasteiger partial charge in [-0.3, -0.25) is 19.0 Å². The lowest BCUT2D eigenvalue weighted by Gasteiger charge is -2.36. The van der Waals surface area contributed by atoms with Crippen molar-refractivity contribution in [3.05, 3.63) is 83.3 Å². The summed E-state index contributed by atoms with van der Waals surface area (Å²) in [5.41, 5.74) is 3.11. The first-order chi connectivity index (χ1) is 20.1. The SMILES string of the molecule is COc1ccc2c(c1OC)c(=O)n1c3ccc(OCC(=O)N4CCN(c5ccccc5)CC4)cc3c3ccnc2c31. The van der Waals surface area contributed by atoms with Crippen LogP contribution in [0.5, 0.6) is 17.2 Å². The number of pyridine rings is 2. The van der Waals surface area contributed by atoms with Gasteiger partial charge in [0.1, 0.15) is 5.75 Å². The third-order valence-corrected chi connectivity index (χ3v) is 7.98. The highest BCUT2D eigenvalue weighted by molar-refractivity contribution is 6.19. The summed E-state index contributed by atoms with van der Waals surface area (Å²) in [5, 5.41) is 2.84. The predicted octanol–water partition coefficient (Wildman–Crippen LogP) is 4.34. The van der Waals surface area contributed by atoms with E-state index in [-0.39, 0.29) is 18.1 Å². The summed E-state index contributed by atoms with van der Waals surface area (Å²) in [4.78, 5) is 35.7. The molecule has 3 aromatic carbocycles. The Morgan fingerprint density at radius 2 is 1.68 bits per heavy atom. The fourth-order valence-corrected chi connectivity index (χ4v) is 5.98. The van der Waals surface area contributed by atoms with Crippen LogP contribution in [0.15, 0.2) is 77.7 Å². The van der Waals surface area contributed by atoms with E-state index in [4.69, 9.17) is 14.2 Å². The first kappa shape index (κ1) is 25.0. The Morgan fingerprint density at radius 1 is 0.878 bits per heavy atom. The first-order valence-electron chi connectivity index (χ1n) is 13.5. The Bertz CT molecular complexity index is 1980. The van der Waals surface area contributed by atoms with Crippen molar-refractivity contribution in [2.24, 2.45) is 0 Å². The number of methoxy groups -OCH3 is 2. The molecule has 0 radical (unpaired) electrons. The molecule has 0 unspecified atom stereocenters. The Morgan fingerprint density at radius 3 is 2.44 bits per heavy atom. The van der Waals surface area contributed by atoms with E-state index >= 15 is 0 Å². The molecule has 6 aromatic rings. The van der Waals surface area contributed by atoms with Crippen molar-refractivity contribution >= 4 is 49.7 Å². The Kier molecular flexibility index (Phi) is 6.00. The van der Waals surface area contributed by atoms with Crippen LogP contribution in [0.4, 0.5) is 5.69 Å². The van der Waals surface area contributed by atoms with E-state index in [0.29, 0.717) is 46.6 Å². The second-order valence-electron chi connectivity index (χ2n) is 10.1. The number of aromatic nitrogens is 2. The van der Waals surface area contributed by atoms with Crippen molar-refractivity contribution in [3.63, 3.8) is 0 Å². The lowest BCUT2D eigenvalue weighted by atomic mass is 10.1. The summed E-state index contributed by atoms with van der Waals surface area (Å²) in [6.07, 6.45) is 1.74. The van der Waals surface area contributed by atoms with Gasteiger partial charge in [-0.05, 0) is 48.5 Å². The molecule has 1 aliphatic rings. The molecule has 9 nitrogen and oxygen atoms in total. The molecular formula is C32H28N4O5. The maximum absolute atomic E-state index is 13.9. The molecule has 0 atom stereocenters. The Hall–Kier alpha value is -5.05. The van der Waals surface area contributed by atoms with Crippen LogP contribution in [0.1, 0.15) is 0 Å². The largest absolute Gasteiger partial charge is 0.493 e. The Labute approximate surface area is 235 Å². The summed E-state index contributed by atoms with van der Waals surface area (Å²) < 4.78 is 18.7. The van der Waals surface area contributed by atoms with Crippen molar-refractivity contribution in [3.8, 4) is 17.2 Å². The van der Waals surface area contributed by atoms with Crippen molar-refractivity contribution in [1.29, 1.82) is 0 Å². The number of carbonyl (C=O) groups is 1. The molecule has 1 amide bonds. The lowest BCUT2D eigenvalue weighted by molar-refractivity contribution is -0.133. The smallest absolute Gasteiger partial charge is 0.267 e. The van der Waals surface area contributed by atoms with Crippen molar-refractivity contribution in [1.82, 2.24) is 14.3 Å². The summed E-state index contributed by atoms with van der Waals surface area (Å²) in [5.74, 6) is 1.38. The van der Waals surface area contributed by atoms with Gasteiger partial charge < -0.3 is 24.0 Å². The van der Waals surface area contributed by atoms with Crippen LogP contribution >= 0.6 is 0 Å². The molecule has 4 heterocycles. The fourth-order valence-electron chi connectivity index (χ4n) is 5.98. The zero-order valence-corrected chi connectivity index (χ0v) is 22.8. The van der Waals surface area contributed by atoms with Gasteiger partial charge >= 0.3 is 0 Å². The molecule has 0 spiro atoms. The topological polar surface area (TPSA) is 85.6 Å². The number of rotatable bonds is 6. The lowest BCUT2D eigenvalue weighted by Crippen LogP contribution is -2.50. The maximum atomic E-state index is 13.9. The predicted molar refractivity (Wildman–Crippen MR) is 159 cm³/mol. The van der Waals surface area contributed by atoms with E-state index in [0.717, 1.165) is 34.9 Å². The maximum Gasteiger partial charge on any atom is 0.267 e. The van der Waals surface area contributed by atoms with Gasteiger partial charge in [-0.15, -0.1) is 0 Å². The number of anilines is 1. The van der Waals surface area contributed by atoms with E-state index in [1.807, 2.05) is 47.4 Å². The number of piperazine rings is 1. The van der Waals surface area contributed by atoms with Gasteiger partial charge in [0.15, 0.2) is 18.1 Å². The van der Waals surface area contributed by atoms with Crippen LogP contribution < -0.4 is 24.7 Å². The van der Waals surface area contributed by atoms with E-state index in [2.05, 4.69) is 22.0 Å². The van der Waals surface area contributed by atoms with Gasteiger partial charge in [-0.2, -0.15) is 0 Å². The molecule has 7 rings (SSSR count). The average Bonchev–Trinajstić information content (AvgIpc) is 3.37. The molecule has 1 aliphatic heterocycles. The second-order valence-corrected chi connectivity index (χ2v) is 10.1. The molecular weight excluding hydrogens is 520 g/mol. The number of hydrogen-bond donors (Lipinski definition) is 0. The minimum Gasteiger partial charge on any atom is -0.493 e.